The summed E-state index contributed by atoms with van der Waals surface area (Å²) in [4.78, 5) is 3.95. The van der Waals surface area contributed by atoms with Gasteiger partial charge in [0.2, 0.25) is 0 Å². The van der Waals surface area contributed by atoms with Crippen LogP contribution in [0, 0.1) is 0 Å². The van der Waals surface area contributed by atoms with Gasteiger partial charge in [0.15, 0.2) is 0 Å². The number of benzene rings is 1. The third-order valence-corrected chi connectivity index (χ3v) is 3.04. The van der Waals surface area contributed by atoms with Gasteiger partial charge < -0.3 is 15.2 Å². The summed E-state index contributed by atoms with van der Waals surface area (Å²) in [6.07, 6.45) is 2.90. The van der Waals surface area contributed by atoms with Crippen molar-refractivity contribution in [2.45, 2.75) is 12.6 Å². The van der Waals surface area contributed by atoms with E-state index >= 15 is 0 Å². The first-order chi connectivity index (χ1) is 9.75. The molecule has 0 aliphatic heterocycles. The second-order valence-corrected chi connectivity index (χ2v) is 4.79. The van der Waals surface area contributed by atoms with E-state index in [0.717, 1.165) is 5.56 Å². The van der Waals surface area contributed by atoms with Crippen LogP contribution < -0.4 is 10.1 Å². The molecule has 0 aliphatic rings. The molecule has 20 heavy (non-hydrogen) atoms. The van der Waals surface area contributed by atoms with E-state index in [-0.39, 0.29) is 6.61 Å². The Morgan fingerprint density at radius 1 is 1.20 bits per heavy atom. The molecule has 0 bridgehead atoms. The Morgan fingerprint density at radius 2 is 1.95 bits per heavy atom. The SMILES string of the molecule is OC(CNCc1ccncc1)COc1ccccc1Cl. The minimum atomic E-state index is -0.590. The maximum atomic E-state index is 9.84. The lowest BCUT2D eigenvalue weighted by molar-refractivity contribution is 0.106. The maximum Gasteiger partial charge on any atom is 0.138 e. The highest BCUT2D eigenvalue weighted by atomic mass is 35.5. The predicted octanol–water partition coefficient (Wildman–Crippen LogP) is 2.26. The predicted molar refractivity (Wildman–Crippen MR) is 78.9 cm³/mol. The first-order valence-corrected chi connectivity index (χ1v) is 6.78. The molecule has 2 rings (SSSR count). The third kappa shape index (κ3) is 4.81. The summed E-state index contributed by atoms with van der Waals surface area (Å²) in [6, 6.07) is 11.1. The molecule has 0 fully saturated rings. The minimum Gasteiger partial charge on any atom is -0.489 e. The van der Waals surface area contributed by atoms with E-state index in [4.69, 9.17) is 16.3 Å². The van der Waals surface area contributed by atoms with Crippen LogP contribution in [0.1, 0.15) is 5.56 Å². The summed E-state index contributed by atoms with van der Waals surface area (Å²) in [5, 5.41) is 13.5. The van der Waals surface area contributed by atoms with E-state index in [2.05, 4.69) is 10.3 Å². The van der Waals surface area contributed by atoms with Crippen molar-refractivity contribution in [2.75, 3.05) is 13.2 Å². The van der Waals surface area contributed by atoms with Crippen molar-refractivity contribution in [3.05, 3.63) is 59.4 Å². The van der Waals surface area contributed by atoms with Crippen molar-refractivity contribution in [1.82, 2.24) is 10.3 Å². The number of rotatable bonds is 7. The van der Waals surface area contributed by atoms with Crippen LogP contribution in [0.5, 0.6) is 5.75 Å². The average molecular weight is 293 g/mol. The van der Waals surface area contributed by atoms with Gasteiger partial charge in [0.25, 0.3) is 0 Å². The Balaban J connectivity index is 1.68. The van der Waals surface area contributed by atoms with E-state index in [1.54, 1.807) is 24.5 Å². The number of nitrogens with zero attached hydrogens (tertiary/aromatic N) is 1. The van der Waals surface area contributed by atoms with E-state index in [1.165, 1.54) is 0 Å². The van der Waals surface area contributed by atoms with Gasteiger partial charge in [-0.15, -0.1) is 0 Å². The first kappa shape index (κ1) is 14.8. The van der Waals surface area contributed by atoms with Crippen LogP contribution in [0.25, 0.3) is 0 Å². The first-order valence-electron chi connectivity index (χ1n) is 6.40. The van der Waals surface area contributed by atoms with E-state index in [1.807, 2.05) is 24.3 Å². The molecule has 4 nitrogen and oxygen atoms in total. The summed E-state index contributed by atoms with van der Waals surface area (Å²) in [5.74, 6) is 0.586. The van der Waals surface area contributed by atoms with Gasteiger partial charge in [0, 0.05) is 25.5 Å². The van der Waals surface area contributed by atoms with Crippen LogP contribution in [-0.4, -0.2) is 29.3 Å². The Morgan fingerprint density at radius 3 is 2.70 bits per heavy atom. The maximum absolute atomic E-state index is 9.84. The molecule has 0 amide bonds. The zero-order valence-electron chi connectivity index (χ0n) is 11.0. The molecule has 0 aliphatic carbocycles. The molecule has 1 aromatic carbocycles. The molecule has 0 saturated carbocycles. The highest BCUT2D eigenvalue weighted by Crippen LogP contribution is 2.22. The number of nitrogens with one attached hydrogen (secondary N) is 1. The van der Waals surface area contributed by atoms with Crippen molar-refractivity contribution >= 4 is 11.6 Å². The second-order valence-electron chi connectivity index (χ2n) is 4.38. The molecule has 1 atom stereocenters. The van der Waals surface area contributed by atoms with Gasteiger partial charge in [-0.2, -0.15) is 0 Å². The highest BCUT2D eigenvalue weighted by Gasteiger charge is 2.06. The molecular weight excluding hydrogens is 276 g/mol. The summed E-state index contributed by atoms with van der Waals surface area (Å²) in [7, 11) is 0. The molecule has 1 heterocycles. The molecule has 0 radical (unpaired) electrons. The summed E-state index contributed by atoms with van der Waals surface area (Å²) in [6.45, 7) is 1.34. The number of para-hydroxylation sites is 1. The lowest BCUT2D eigenvalue weighted by Gasteiger charge is -2.14. The Hall–Kier alpha value is -1.62. The molecule has 5 heteroatoms. The van der Waals surface area contributed by atoms with Crippen LogP contribution in [0.2, 0.25) is 5.02 Å². The fraction of sp³-hybridized carbons (Fsp3) is 0.267. The van der Waals surface area contributed by atoms with Gasteiger partial charge in [0.1, 0.15) is 18.5 Å². The zero-order chi connectivity index (χ0) is 14.2. The van der Waals surface area contributed by atoms with Crippen molar-refractivity contribution in [1.29, 1.82) is 0 Å². The van der Waals surface area contributed by atoms with Crippen LogP contribution >= 0.6 is 11.6 Å². The Labute approximate surface area is 123 Å². The van der Waals surface area contributed by atoms with Crippen LogP contribution in [0.4, 0.5) is 0 Å². The lowest BCUT2D eigenvalue weighted by atomic mass is 10.2. The van der Waals surface area contributed by atoms with Crippen LogP contribution in [0.3, 0.4) is 0 Å². The number of ether oxygens (including phenoxy) is 1. The Kier molecular flexibility index (Phi) is 5.80. The average Bonchev–Trinajstić information content (AvgIpc) is 2.47. The number of pyridine rings is 1. The van der Waals surface area contributed by atoms with E-state index in [0.29, 0.717) is 23.9 Å². The highest BCUT2D eigenvalue weighted by molar-refractivity contribution is 6.32. The number of aliphatic hydroxyl groups is 1. The van der Waals surface area contributed by atoms with Gasteiger partial charge in [-0.3, -0.25) is 4.98 Å². The van der Waals surface area contributed by atoms with Crippen molar-refractivity contribution in [3.63, 3.8) is 0 Å². The molecule has 1 aromatic heterocycles. The lowest BCUT2D eigenvalue weighted by Crippen LogP contribution is -2.31. The topological polar surface area (TPSA) is 54.4 Å². The van der Waals surface area contributed by atoms with Gasteiger partial charge >= 0.3 is 0 Å². The molecule has 0 saturated heterocycles. The largest absolute Gasteiger partial charge is 0.489 e. The number of hydrogen-bond donors (Lipinski definition) is 2. The number of aliphatic hydroxyl groups excluding tert-OH is 1. The molecule has 2 aromatic rings. The van der Waals surface area contributed by atoms with Crippen LogP contribution in [0.15, 0.2) is 48.8 Å². The molecule has 2 N–H and O–H groups in total. The monoisotopic (exact) mass is 292 g/mol. The molecular formula is C15H17ClN2O2. The fourth-order valence-electron chi connectivity index (χ4n) is 1.69. The molecule has 0 spiro atoms. The number of halogens is 1. The summed E-state index contributed by atoms with van der Waals surface area (Å²) >= 11 is 5.96. The molecule has 106 valence electrons. The Bertz CT molecular complexity index is 522. The van der Waals surface area contributed by atoms with Crippen LogP contribution in [-0.2, 0) is 6.54 Å². The number of aromatic nitrogens is 1. The zero-order valence-corrected chi connectivity index (χ0v) is 11.8. The normalized spacial score (nSPS) is 12.1. The van der Waals surface area contributed by atoms with Crippen molar-refractivity contribution in [3.8, 4) is 5.75 Å². The van der Waals surface area contributed by atoms with Crippen molar-refractivity contribution in [2.24, 2.45) is 0 Å². The quantitative estimate of drug-likeness (QED) is 0.822. The van der Waals surface area contributed by atoms with E-state index < -0.39 is 6.10 Å². The summed E-state index contributed by atoms with van der Waals surface area (Å²) in [5.41, 5.74) is 1.12. The number of hydrogen-bond acceptors (Lipinski definition) is 4. The second kappa shape index (κ2) is 7.85. The fourth-order valence-corrected chi connectivity index (χ4v) is 1.88. The smallest absolute Gasteiger partial charge is 0.138 e. The van der Waals surface area contributed by atoms with E-state index in [9.17, 15) is 5.11 Å². The summed E-state index contributed by atoms with van der Waals surface area (Å²) < 4.78 is 5.47. The van der Waals surface area contributed by atoms with Gasteiger partial charge in [-0.1, -0.05) is 23.7 Å². The minimum absolute atomic E-state index is 0.201. The molecule has 1 unspecified atom stereocenters. The third-order valence-electron chi connectivity index (χ3n) is 2.73. The standard InChI is InChI=1S/C15H17ClN2O2/c16-14-3-1-2-4-15(14)20-11-13(19)10-18-9-12-5-7-17-8-6-12/h1-8,13,18-19H,9-11H2. The van der Waals surface area contributed by atoms with Gasteiger partial charge in [-0.25, -0.2) is 0 Å². The van der Waals surface area contributed by atoms with Gasteiger partial charge in [-0.05, 0) is 29.8 Å². The van der Waals surface area contributed by atoms with Crippen molar-refractivity contribution < 1.29 is 9.84 Å². The van der Waals surface area contributed by atoms with Gasteiger partial charge in [0.05, 0.1) is 5.02 Å².